The number of amides is 1. The number of fused-ring (bicyclic) bond motifs is 1. The van der Waals surface area contributed by atoms with E-state index in [1.54, 1.807) is 18.2 Å². The van der Waals surface area contributed by atoms with Gasteiger partial charge in [-0.25, -0.2) is 0 Å². The number of methoxy groups -OCH3 is 1. The molecule has 0 aliphatic carbocycles. The zero-order valence-corrected chi connectivity index (χ0v) is 13.4. The van der Waals surface area contributed by atoms with Gasteiger partial charge in [0.25, 0.3) is 5.91 Å². The molecule has 124 valence electrons. The molecule has 7 nitrogen and oxygen atoms in total. The second kappa shape index (κ2) is 7.27. The van der Waals surface area contributed by atoms with Crippen LogP contribution in [0.15, 0.2) is 52.7 Å². The fourth-order valence-electron chi connectivity index (χ4n) is 2.35. The van der Waals surface area contributed by atoms with Crippen molar-refractivity contribution >= 4 is 23.5 Å². The van der Waals surface area contributed by atoms with Gasteiger partial charge in [0.1, 0.15) is 6.07 Å². The highest BCUT2D eigenvalue weighted by Crippen LogP contribution is 2.27. The van der Waals surface area contributed by atoms with E-state index in [4.69, 9.17) is 14.7 Å². The number of carbonyl (C=O) groups is 1. The van der Waals surface area contributed by atoms with Crippen LogP contribution in [-0.2, 0) is 4.79 Å². The zero-order valence-electron chi connectivity index (χ0n) is 13.4. The molecule has 0 spiro atoms. The van der Waals surface area contributed by atoms with Crippen molar-refractivity contribution in [3.05, 3.63) is 53.6 Å². The summed E-state index contributed by atoms with van der Waals surface area (Å²) < 4.78 is 10.5. The lowest BCUT2D eigenvalue weighted by atomic mass is 10.1. The van der Waals surface area contributed by atoms with Crippen molar-refractivity contribution in [3.8, 4) is 17.6 Å². The fourth-order valence-corrected chi connectivity index (χ4v) is 2.35. The van der Waals surface area contributed by atoms with Gasteiger partial charge >= 0.3 is 0 Å². The Balaban J connectivity index is 1.81. The van der Waals surface area contributed by atoms with Crippen LogP contribution in [0.1, 0.15) is 11.1 Å². The number of ether oxygens (including phenoxy) is 2. The van der Waals surface area contributed by atoms with Crippen LogP contribution in [-0.4, -0.2) is 31.6 Å². The van der Waals surface area contributed by atoms with Crippen LogP contribution in [0, 0.1) is 11.3 Å². The maximum absolute atomic E-state index is 11.9. The van der Waals surface area contributed by atoms with E-state index in [-0.39, 0.29) is 18.2 Å². The van der Waals surface area contributed by atoms with E-state index in [0.717, 1.165) is 16.8 Å². The van der Waals surface area contributed by atoms with Gasteiger partial charge in [-0.2, -0.15) is 10.4 Å². The third-order valence-corrected chi connectivity index (χ3v) is 3.49. The number of para-hydroxylation sites is 1. The molecule has 2 aromatic carbocycles. The number of nitriles is 1. The Morgan fingerprint density at radius 2 is 2.08 bits per heavy atom. The van der Waals surface area contributed by atoms with Gasteiger partial charge in [-0.05, 0) is 29.8 Å². The van der Waals surface area contributed by atoms with E-state index in [1.165, 1.54) is 13.3 Å². The van der Waals surface area contributed by atoms with E-state index in [2.05, 4.69) is 15.5 Å². The quantitative estimate of drug-likeness (QED) is 0.670. The summed E-state index contributed by atoms with van der Waals surface area (Å²) in [5, 5.41) is 19.3. The maximum Gasteiger partial charge on any atom is 0.276 e. The van der Waals surface area contributed by atoms with E-state index in [1.807, 2.05) is 30.3 Å². The molecule has 25 heavy (non-hydrogen) atoms. The highest BCUT2D eigenvalue weighted by Gasteiger charge is 2.25. The Labute approximate surface area is 144 Å². The van der Waals surface area contributed by atoms with Gasteiger partial charge in [-0.15, -0.1) is 5.10 Å². The summed E-state index contributed by atoms with van der Waals surface area (Å²) in [4.78, 5) is 11.9. The zero-order chi connectivity index (χ0) is 17.6. The number of rotatable bonds is 5. The number of hydrogen-bond acceptors (Lipinski definition) is 6. The summed E-state index contributed by atoms with van der Waals surface area (Å²) in [7, 11) is 1.51. The molecule has 1 amide bonds. The summed E-state index contributed by atoms with van der Waals surface area (Å²) in [6.45, 7) is -0.0635. The molecule has 1 N–H and O–H groups in total. The summed E-state index contributed by atoms with van der Waals surface area (Å²) >= 11 is 0. The van der Waals surface area contributed by atoms with Crippen molar-refractivity contribution in [3.63, 3.8) is 0 Å². The normalized spacial score (nSPS) is 14.2. The van der Waals surface area contributed by atoms with Gasteiger partial charge in [0.15, 0.2) is 23.8 Å². The number of benzene rings is 2. The molecule has 0 fully saturated rings. The lowest BCUT2D eigenvalue weighted by Crippen LogP contribution is -2.13. The predicted molar refractivity (Wildman–Crippen MR) is 93.3 cm³/mol. The summed E-state index contributed by atoms with van der Waals surface area (Å²) in [6.07, 6.45) is 1.51. The highest BCUT2D eigenvalue weighted by atomic mass is 16.5. The van der Waals surface area contributed by atoms with E-state index in [0.29, 0.717) is 11.5 Å². The van der Waals surface area contributed by atoms with Crippen LogP contribution in [0.4, 0.5) is 5.69 Å². The van der Waals surface area contributed by atoms with E-state index >= 15 is 0 Å². The van der Waals surface area contributed by atoms with E-state index in [9.17, 15) is 4.79 Å². The molecular weight excluding hydrogens is 320 g/mol. The van der Waals surface area contributed by atoms with Gasteiger partial charge in [0, 0.05) is 5.56 Å². The molecular formula is C18H14N4O3. The molecule has 2 aromatic rings. The van der Waals surface area contributed by atoms with Crippen molar-refractivity contribution < 1.29 is 14.3 Å². The predicted octanol–water partition coefficient (Wildman–Crippen LogP) is 2.37. The highest BCUT2D eigenvalue weighted by molar-refractivity contribution is 6.53. The molecule has 0 atom stereocenters. The largest absolute Gasteiger partial charge is 0.493 e. The second-order valence-corrected chi connectivity index (χ2v) is 5.05. The van der Waals surface area contributed by atoms with Crippen LogP contribution < -0.4 is 14.8 Å². The minimum absolute atomic E-state index is 0.0635. The number of nitrogens with one attached hydrogen (secondary N) is 1. The summed E-state index contributed by atoms with van der Waals surface area (Å²) in [5.41, 5.74) is 2.44. The van der Waals surface area contributed by atoms with E-state index < -0.39 is 0 Å². The van der Waals surface area contributed by atoms with Gasteiger partial charge in [-0.3, -0.25) is 4.79 Å². The van der Waals surface area contributed by atoms with Crippen molar-refractivity contribution in [2.24, 2.45) is 10.2 Å². The van der Waals surface area contributed by atoms with Gasteiger partial charge in [0.2, 0.25) is 0 Å². The first-order chi connectivity index (χ1) is 12.2. The maximum atomic E-state index is 11.9. The first kappa shape index (κ1) is 16.2. The molecule has 0 unspecified atom stereocenters. The topological polar surface area (TPSA) is 96.1 Å². The molecule has 0 aromatic heterocycles. The summed E-state index contributed by atoms with van der Waals surface area (Å²) in [6, 6.07) is 14.3. The SMILES string of the molecule is COc1cc(/C=N/N=C2/C(=O)Nc3ccccc32)ccc1OCC#N. The molecule has 0 saturated carbocycles. The molecule has 0 saturated heterocycles. The third kappa shape index (κ3) is 3.48. The average molecular weight is 334 g/mol. The molecule has 7 heteroatoms. The first-order valence-electron chi connectivity index (χ1n) is 7.42. The van der Waals surface area contributed by atoms with Crippen molar-refractivity contribution in [2.75, 3.05) is 19.0 Å². The first-order valence-corrected chi connectivity index (χ1v) is 7.42. The van der Waals surface area contributed by atoms with Crippen molar-refractivity contribution in [2.45, 2.75) is 0 Å². The Kier molecular flexibility index (Phi) is 4.72. The number of carbonyl (C=O) groups excluding carboxylic acids is 1. The number of nitrogens with zero attached hydrogens (tertiary/aromatic N) is 3. The second-order valence-electron chi connectivity index (χ2n) is 5.05. The van der Waals surface area contributed by atoms with Crippen molar-refractivity contribution in [1.29, 1.82) is 5.26 Å². The Hall–Kier alpha value is -3.66. The Bertz CT molecular complexity index is 913. The minimum atomic E-state index is -0.281. The Morgan fingerprint density at radius 3 is 2.88 bits per heavy atom. The summed E-state index contributed by atoms with van der Waals surface area (Å²) in [5.74, 6) is 0.670. The molecule has 1 aliphatic heterocycles. The Morgan fingerprint density at radius 1 is 1.24 bits per heavy atom. The average Bonchev–Trinajstić information content (AvgIpc) is 2.96. The van der Waals surface area contributed by atoms with Crippen LogP contribution >= 0.6 is 0 Å². The van der Waals surface area contributed by atoms with Gasteiger partial charge in [-0.1, -0.05) is 18.2 Å². The molecule has 0 radical (unpaired) electrons. The third-order valence-electron chi connectivity index (χ3n) is 3.49. The molecule has 3 rings (SSSR count). The van der Waals surface area contributed by atoms with Gasteiger partial charge in [0.05, 0.1) is 19.0 Å². The van der Waals surface area contributed by atoms with Crippen molar-refractivity contribution in [1.82, 2.24) is 0 Å². The monoisotopic (exact) mass is 334 g/mol. The minimum Gasteiger partial charge on any atom is -0.493 e. The lowest BCUT2D eigenvalue weighted by Gasteiger charge is -2.08. The smallest absolute Gasteiger partial charge is 0.276 e. The van der Waals surface area contributed by atoms with Crippen LogP contribution in [0.3, 0.4) is 0 Å². The van der Waals surface area contributed by atoms with Gasteiger partial charge < -0.3 is 14.8 Å². The van der Waals surface area contributed by atoms with Crippen LogP contribution in [0.2, 0.25) is 0 Å². The fraction of sp³-hybridized carbons (Fsp3) is 0.111. The molecule has 1 heterocycles. The number of anilines is 1. The lowest BCUT2D eigenvalue weighted by molar-refractivity contribution is -0.110. The molecule has 1 aliphatic rings. The molecule has 0 bridgehead atoms. The number of hydrogen-bond donors (Lipinski definition) is 1. The van der Waals surface area contributed by atoms with Crippen LogP contribution in [0.25, 0.3) is 0 Å². The van der Waals surface area contributed by atoms with Crippen LogP contribution in [0.5, 0.6) is 11.5 Å². The standard InChI is InChI=1S/C18H14N4O3/c1-24-16-10-12(6-7-15(16)25-9-8-19)11-20-22-17-13-4-2-3-5-14(13)21-18(17)23/h2-7,10-11H,9H2,1H3,(H,21,22,23)/b20-11+.